The van der Waals surface area contributed by atoms with Gasteiger partial charge in [-0.2, -0.15) is 4.39 Å². The minimum absolute atomic E-state index is 0.0101. The van der Waals surface area contributed by atoms with Gasteiger partial charge in [-0.1, -0.05) is 42.6 Å². The second-order valence-corrected chi connectivity index (χ2v) is 10.3. The Morgan fingerprint density at radius 2 is 1.54 bits per heavy atom. The van der Waals surface area contributed by atoms with Gasteiger partial charge in [0, 0.05) is 0 Å². The van der Waals surface area contributed by atoms with Crippen molar-refractivity contribution >= 4 is 0 Å². The molecule has 0 radical (unpaired) electrons. The van der Waals surface area contributed by atoms with Gasteiger partial charge in [-0.05, 0) is 99.3 Å². The predicted molar refractivity (Wildman–Crippen MR) is 139 cm³/mol. The first-order valence-electron chi connectivity index (χ1n) is 13.3. The number of halogens is 4. The molecule has 1 nitrogen and oxygen atoms in total. The summed E-state index contributed by atoms with van der Waals surface area (Å²) in [5.41, 5.74) is -0.0252. The quantitative estimate of drug-likeness (QED) is 0.205. The van der Waals surface area contributed by atoms with E-state index in [1.807, 2.05) is 6.08 Å². The summed E-state index contributed by atoms with van der Waals surface area (Å²) in [4.78, 5) is 0. The maximum atomic E-state index is 15.1. The van der Waals surface area contributed by atoms with Crippen LogP contribution >= 0.6 is 0 Å². The molecule has 0 heterocycles. The number of hydrogen-bond acceptors (Lipinski definition) is 1. The normalized spacial score (nSPS) is 23.3. The van der Waals surface area contributed by atoms with Crippen LogP contribution in [0.3, 0.4) is 0 Å². The van der Waals surface area contributed by atoms with Gasteiger partial charge in [0.25, 0.3) is 0 Å². The highest BCUT2D eigenvalue weighted by molar-refractivity contribution is 5.47. The lowest BCUT2D eigenvalue weighted by Crippen LogP contribution is -2.30. The van der Waals surface area contributed by atoms with E-state index >= 15 is 4.39 Å². The van der Waals surface area contributed by atoms with Crippen LogP contribution in [0.15, 0.2) is 49.1 Å². The molecule has 2 aromatic carbocycles. The molecule has 0 N–H and O–H groups in total. The van der Waals surface area contributed by atoms with E-state index in [1.165, 1.54) is 37.5 Å². The molecule has 5 heteroatoms. The third-order valence-corrected chi connectivity index (χ3v) is 8.00. The van der Waals surface area contributed by atoms with Crippen molar-refractivity contribution in [3.8, 4) is 17.6 Å². The van der Waals surface area contributed by atoms with Crippen LogP contribution < -0.4 is 4.74 Å². The molecule has 196 valence electrons. The zero-order valence-corrected chi connectivity index (χ0v) is 21.3. The monoisotopic (exact) mass is 510 g/mol. The van der Waals surface area contributed by atoms with E-state index in [0.717, 1.165) is 38.0 Å². The highest BCUT2D eigenvalue weighted by atomic mass is 19.2. The van der Waals surface area contributed by atoms with Crippen LogP contribution in [-0.4, -0.2) is 6.61 Å². The maximum absolute atomic E-state index is 15.1. The molecule has 2 aliphatic rings. The van der Waals surface area contributed by atoms with E-state index in [4.69, 9.17) is 4.74 Å². The fraction of sp³-hybridized carbons (Fsp3) is 0.438. The fourth-order valence-corrected chi connectivity index (χ4v) is 5.97. The zero-order chi connectivity index (χ0) is 26.4. The Balaban J connectivity index is 1.45. The Kier molecular flexibility index (Phi) is 9.14. The second kappa shape index (κ2) is 12.5. The second-order valence-electron chi connectivity index (χ2n) is 10.3. The summed E-state index contributed by atoms with van der Waals surface area (Å²) in [5.74, 6) is 2.40. The summed E-state index contributed by atoms with van der Waals surface area (Å²) >= 11 is 0. The van der Waals surface area contributed by atoms with E-state index in [1.54, 1.807) is 25.1 Å². The Morgan fingerprint density at radius 1 is 0.865 bits per heavy atom. The first-order chi connectivity index (χ1) is 17.9. The number of rotatable bonds is 7. The summed E-state index contributed by atoms with van der Waals surface area (Å²) in [6, 6.07) is 5.60. The van der Waals surface area contributed by atoms with Gasteiger partial charge in [0.15, 0.2) is 23.2 Å². The van der Waals surface area contributed by atoms with Crippen LogP contribution in [-0.2, 0) is 0 Å². The van der Waals surface area contributed by atoms with Gasteiger partial charge in [-0.15, -0.1) is 6.58 Å². The standard InChI is InChI=1S/C32H34F4O/c1-3-5-7-21-8-9-25-20-26(13-12-24(25)19-21)27-16-14-22(29(33)31(27)35)10-11-23-15-17-28(32(36)30(23)34)37-18-6-4-2/h3-4,6,14-17,21,24-26H,1,5,7-9,12-13,18-20H2,2H3/b6-4+. The Hall–Kier alpha value is -3.00. The fourth-order valence-electron chi connectivity index (χ4n) is 5.97. The van der Waals surface area contributed by atoms with Gasteiger partial charge in [-0.3, -0.25) is 0 Å². The van der Waals surface area contributed by atoms with Crippen LogP contribution in [0.25, 0.3) is 0 Å². The summed E-state index contributed by atoms with van der Waals surface area (Å²) < 4.78 is 64.0. The average Bonchev–Trinajstić information content (AvgIpc) is 2.91. The summed E-state index contributed by atoms with van der Waals surface area (Å²) in [7, 11) is 0. The molecule has 0 aliphatic heterocycles. The van der Waals surface area contributed by atoms with Gasteiger partial charge in [0.05, 0.1) is 11.1 Å². The molecule has 0 bridgehead atoms. The van der Waals surface area contributed by atoms with Crippen molar-refractivity contribution < 1.29 is 22.3 Å². The van der Waals surface area contributed by atoms with Crippen molar-refractivity contribution in [2.45, 2.75) is 64.2 Å². The third kappa shape index (κ3) is 6.29. The van der Waals surface area contributed by atoms with Gasteiger partial charge in [0.1, 0.15) is 6.61 Å². The SMILES string of the molecule is C=CCCC1CCC2CC(c3ccc(C#Cc4ccc(OC/C=C/C)c(F)c4F)c(F)c3F)CCC2C1. The van der Waals surface area contributed by atoms with Crippen LogP contribution in [0.4, 0.5) is 17.6 Å². The largest absolute Gasteiger partial charge is 0.486 e. The summed E-state index contributed by atoms with van der Waals surface area (Å²) in [5, 5.41) is 0. The first kappa shape index (κ1) is 27.0. The van der Waals surface area contributed by atoms with Crippen LogP contribution in [0.1, 0.15) is 80.9 Å². The van der Waals surface area contributed by atoms with Crippen molar-refractivity contribution in [1.29, 1.82) is 0 Å². The number of fused-ring (bicyclic) bond motifs is 1. The predicted octanol–water partition coefficient (Wildman–Crippen LogP) is 8.86. The molecule has 0 aromatic heterocycles. The lowest BCUT2D eigenvalue weighted by Gasteiger charge is -2.42. The molecule has 0 saturated heterocycles. The summed E-state index contributed by atoms with van der Waals surface area (Å²) in [6.45, 7) is 5.72. The van der Waals surface area contributed by atoms with Gasteiger partial charge < -0.3 is 4.74 Å². The first-order valence-corrected chi connectivity index (χ1v) is 13.3. The highest BCUT2D eigenvalue weighted by Crippen LogP contribution is 2.48. The molecule has 4 rings (SSSR count). The van der Waals surface area contributed by atoms with Crippen molar-refractivity contribution in [1.82, 2.24) is 0 Å². The molecule has 4 unspecified atom stereocenters. The van der Waals surface area contributed by atoms with Crippen molar-refractivity contribution in [2.75, 3.05) is 6.61 Å². The average molecular weight is 511 g/mol. The Bertz CT molecular complexity index is 1210. The van der Waals surface area contributed by atoms with Gasteiger partial charge in [-0.25, -0.2) is 13.2 Å². The molecule has 2 aromatic rings. The number of hydrogen-bond donors (Lipinski definition) is 0. The van der Waals surface area contributed by atoms with E-state index < -0.39 is 23.3 Å². The molecule has 2 aliphatic carbocycles. The number of benzene rings is 2. The Labute approximate surface area is 217 Å². The molecular weight excluding hydrogens is 476 g/mol. The lowest BCUT2D eigenvalue weighted by molar-refractivity contribution is 0.114. The highest BCUT2D eigenvalue weighted by Gasteiger charge is 2.36. The lowest BCUT2D eigenvalue weighted by atomic mass is 9.63. The molecule has 0 amide bonds. The molecule has 4 atom stereocenters. The molecule has 37 heavy (non-hydrogen) atoms. The van der Waals surface area contributed by atoms with Crippen LogP contribution in [0.5, 0.6) is 5.75 Å². The maximum Gasteiger partial charge on any atom is 0.201 e. The van der Waals surface area contributed by atoms with Crippen molar-refractivity contribution in [3.63, 3.8) is 0 Å². The molecular formula is C32H34F4O. The minimum Gasteiger partial charge on any atom is -0.486 e. The number of ether oxygens (including phenoxy) is 1. The van der Waals surface area contributed by atoms with Gasteiger partial charge >= 0.3 is 0 Å². The summed E-state index contributed by atoms with van der Waals surface area (Å²) in [6.07, 6.45) is 14.0. The van der Waals surface area contributed by atoms with Crippen molar-refractivity contribution in [2.24, 2.45) is 17.8 Å². The van der Waals surface area contributed by atoms with E-state index in [-0.39, 0.29) is 29.4 Å². The minimum atomic E-state index is -1.18. The third-order valence-electron chi connectivity index (χ3n) is 8.00. The van der Waals surface area contributed by atoms with Crippen LogP contribution in [0, 0.1) is 52.9 Å². The molecule has 2 fully saturated rings. The Morgan fingerprint density at radius 3 is 2.27 bits per heavy atom. The van der Waals surface area contributed by atoms with E-state index in [2.05, 4.69) is 18.4 Å². The van der Waals surface area contributed by atoms with Crippen LogP contribution in [0.2, 0.25) is 0 Å². The molecule has 0 spiro atoms. The van der Waals surface area contributed by atoms with Crippen molar-refractivity contribution in [3.05, 3.63) is 89.0 Å². The zero-order valence-electron chi connectivity index (χ0n) is 21.3. The molecule has 2 saturated carbocycles. The van der Waals surface area contributed by atoms with E-state index in [9.17, 15) is 13.2 Å². The van der Waals surface area contributed by atoms with Gasteiger partial charge in [0.2, 0.25) is 5.82 Å². The topological polar surface area (TPSA) is 9.23 Å². The number of allylic oxidation sites excluding steroid dienone is 2. The smallest absolute Gasteiger partial charge is 0.201 e. The van der Waals surface area contributed by atoms with E-state index in [0.29, 0.717) is 17.4 Å².